The Kier molecular flexibility index (Phi) is 7.91. The highest BCUT2D eigenvalue weighted by Crippen LogP contribution is 2.41. The summed E-state index contributed by atoms with van der Waals surface area (Å²) in [5.74, 6) is 0.733. The average Bonchev–Trinajstić information content (AvgIpc) is 2.86. The predicted octanol–water partition coefficient (Wildman–Crippen LogP) is 1.88. The van der Waals surface area contributed by atoms with Gasteiger partial charge in [-0.1, -0.05) is 19.8 Å². The minimum atomic E-state index is 0.195. The maximum atomic E-state index is 6.20. The highest BCUT2D eigenvalue weighted by Gasteiger charge is 2.44. The highest BCUT2D eigenvalue weighted by molar-refractivity contribution is 5.01. The second kappa shape index (κ2) is 8.90. The number of rotatable bonds is 10. The summed E-state index contributed by atoms with van der Waals surface area (Å²) in [5, 5.41) is 0. The first kappa shape index (κ1) is 16.9. The molecule has 114 valence electrons. The summed E-state index contributed by atoms with van der Waals surface area (Å²) >= 11 is 0. The van der Waals surface area contributed by atoms with Gasteiger partial charge in [-0.15, -0.1) is 0 Å². The van der Waals surface area contributed by atoms with Crippen molar-refractivity contribution in [2.75, 3.05) is 47.1 Å². The van der Waals surface area contributed by atoms with E-state index >= 15 is 0 Å². The Morgan fingerprint density at radius 2 is 1.95 bits per heavy atom. The van der Waals surface area contributed by atoms with E-state index in [-0.39, 0.29) is 5.54 Å². The van der Waals surface area contributed by atoms with Crippen LogP contribution in [0, 0.1) is 5.92 Å². The van der Waals surface area contributed by atoms with Crippen LogP contribution in [0.5, 0.6) is 0 Å². The van der Waals surface area contributed by atoms with E-state index in [1.807, 2.05) is 0 Å². The van der Waals surface area contributed by atoms with E-state index in [0.29, 0.717) is 0 Å². The van der Waals surface area contributed by atoms with Gasteiger partial charge in [-0.25, -0.2) is 0 Å². The van der Waals surface area contributed by atoms with Gasteiger partial charge in [0.05, 0.1) is 6.61 Å². The van der Waals surface area contributed by atoms with Crippen molar-refractivity contribution in [3.05, 3.63) is 0 Å². The molecule has 0 bridgehead atoms. The summed E-state index contributed by atoms with van der Waals surface area (Å²) in [6.07, 6.45) is 6.16. The van der Waals surface area contributed by atoms with E-state index in [9.17, 15) is 0 Å². The van der Waals surface area contributed by atoms with Crippen LogP contribution in [0.4, 0.5) is 0 Å². The summed E-state index contributed by atoms with van der Waals surface area (Å²) in [5.41, 5.74) is 6.39. The third-order valence-corrected chi connectivity index (χ3v) is 4.74. The molecule has 1 aliphatic carbocycles. The SMILES string of the molecule is CCC1CCCC1(CN)N(CCCOC)CCOC. The van der Waals surface area contributed by atoms with E-state index in [1.54, 1.807) is 14.2 Å². The van der Waals surface area contributed by atoms with E-state index in [4.69, 9.17) is 15.2 Å². The maximum absolute atomic E-state index is 6.20. The van der Waals surface area contributed by atoms with Crippen molar-refractivity contribution in [3.63, 3.8) is 0 Å². The molecule has 0 aromatic rings. The van der Waals surface area contributed by atoms with Crippen LogP contribution < -0.4 is 5.73 Å². The Balaban J connectivity index is 2.72. The topological polar surface area (TPSA) is 47.7 Å². The summed E-state index contributed by atoms with van der Waals surface area (Å²) in [7, 11) is 3.54. The van der Waals surface area contributed by atoms with Gasteiger partial charge in [0.25, 0.3) is 0 Å². The zero-order chi connectivity index (χ0) is 14.1. The molecular formula is C15H32N2O2. The molecule has 1 rings (SSSR count). The molecule has 2 N–H and O–H groups in total. The van der Waals surface area contributed by atoms with Crippen molar-refractivity contribution in [2.24, 2.45) is 11.7 Å². The average molecular weight is 272 g/mol. The Bertz CT molecular complexity index is 238. The van der Waals surface area contributed by atoms with Gasteiger partial charge in [0.15, 0.2) is 0 Å². The monoisotopic (exact) mass is 272 g/mol. The van der Waals surface area contributed by atoms with Crippen LogP contribution in [0.2, 0.25) is 0 Å². The van der Waals surface area contributed by atoms with Crippen molar-refractivity contribution in [1.82, 2.24) is 4.90 Å². The fourth-order valence-corrected chi connectivity index (χ4v) is 3.68. The van der Waals surface area contributed by atoms with Gasteiger partial charge < -0.3 is 15.2 Å². The van der Waals surface area contributed by atoms with E-state index in [2.05, 4.69) is 11.8 Å². The lowest BCUT2D eigenvalue weighted by atomic mass is 9.83. The van der Waals surface area contributed by atoms with Gasteiger partial charge in [-0.05, 0) is 25.2 Å². The molecule has 0 heterocycles. The van der Waals surface area contributed by atoms with Crippen LogP contribution in [0.3, 0.4) is 0 Å². The van der Waals surface area contributed by atoms with E-state index in [0.717, 1.165) is 45.2 Å². The van der Waals surface area contributed by atoms with Gasteiger partial charge in [0.2, 0.25) is 0 Å². The lowest BCUT2D eigenvalue weighted by molar-refractivity contribution is 0.0254. The molecule has 0 aliphatic heterocycles. The molecule has 0 saturated heterocycles. The number of ether oxygens (including phenoxy) is 2. The Morgan fingerprint density at radius 1 is 1.21 bits per heavy atom. The van der Waals surface area contributed by atoms with E-state index < -0.39 is 0 Å². The smallest absolute Gasteiger partial charge is 0.0589 e. The van der Waals surface area contributed by atoms with Crippen molar-refractivity contribution >= 4 is 0 Å². The van der Waals surface area contributed by atoms with Gasteiger partial charge in [0, 0.05) is 46.0 Å². The molecular weight excluding hydrogens is 240 g/mol. The highest BCUT2D eigenvalue weighted by atomic mass is 16.5. The lowest BCUT2D eigenvalue weighted by Crippen LogP contribution is -2.57. The zero-order valence-corrected chi connectivity index (χ0v) is 13.0. The maximum Gasteiger partial charge on any atom is 0.0589 e. The summed E-state index contributed by atoms with van der Waals surface area (Å²) in [6.45, 7) is 6.71. The van der Waals surface area contributed by atoms with Gasteiger partial charge in [0.1, 0.15) is 0 Å². The van der Waals surface area contributed by atoms with Crippen molar-refractivity contribution in [1.29, 1.82) is 0 Å². The Hall–Kier alpha value is -0.160. The number of nitrogens with two attached hydrogens (primary N) is 1. The first-order valence-corrected chi connectivity index (χ1v) is 7.68. The summed E-state index contributed by atoms with van der Waals surface area (Å²) in [6, 6.07) is 0. The zero-order valence-electron chi connectivity index (χ0n) is 13.0. The standard InChI is InChI=1S/C15H32N2O2/c1-4-14-7-5-8-15(14,13-16)17(10-12-19-3)9-6-11-18-2/h14H,4-13,16H2,1-3H3. The molecule has 0 aromatic carbocycles. The molecule has 2 unspecified atom stereocenters. The third kappa shape index (κ3) is 4.15. The van der Waals surface area contributed by atoms with Crippen molar-refractivity contribution in [3.8, 4) is 0 Å². The molecule has 4 heteroatoms. The van der Waals surface area contributed by atoms with Gasteiger partial charge in [-0.2, -0.15) is 0 Å². The fourth-order valence-electron chi connectivity index (χ4n) is 3.68. The number of hydrogen-bond donors (Lipinski definition) is 1. The molecule has 0 spiro atoms. The van der Waals surface area contributed by atoms with Crippen molar-refractivity contribution < 1.29 is 9.47 Å². The molecule has 2 atom stereocenters. The molecule has 4 nitrogen and oxygen atoms in total. The predicted molar refractivity (Wildman–Crippen MR) is 79.4 cm³/mol. The van der Waals surface area contributed by atoms with Crippen LogP contribution in [0.15, 0.2) is 0 Å². The molecule has 0 radical (unpaired) electrons. The minimum absolute atomic E-state index is 0.195. The largest absolute Gasteiger partial charge is 0.385 e. The van der Waals surface area contributed by atoms with E-state index in [1.165, 1.54) is 25.7 Å². The first-order chi connectivity index (χ1) is 9.25. The Labute approximate surface area is 118 Å². The molecule has 1 aliphatic rings. The number of methoxy groups -OCH3 is 2. The lowest BCUT2D eigenvalue weighted by Gasteiger charge is -2.45. The van der Waals surface area contributed by atoms with Crippen LogP contribution in [0.1, 0.15) is 39.0 Å². The number of hydrogen-bond acceptors (Lipinski definition) is 4. The molecule has 0 aromatic heterocycles. The second-order valence-corrected chi connectivity index (χ2v) is 5.63. The quantitative estimate of drug-likeness (QED) is 0.617. The normalized spacial score (nSPS) is 27.3. The van der Waals surface area contributed by atoms with Gasteiger partial charge >= 0.3 is 0 Å². The van der Waals surface area contributed by atoms with Crippen LogP contribution in [0.25, 0.3) is 0 Å². The molecule has 0 amide bonds. The van der Waals surface area contributed by atoms with Crippen LogP contribution >= 0.6 is 0 Å². The number of nitrogens with zero attached hydrogens (tertiary/aromatic N) is 1. The van der Waals surface area contributed by atoms with Gasteiger partial charge in [-0.3, -0.25) is 4.90 Å². The first-order valence-electron chi connectivity index (χ1n) is 7.68. The molecule has 1 saturated carbocycles. The van der Waals surface area contributed by atoms with Crippen LogP contribution in [-0.4, -0.2) is 57.5 Å². The molecule has 19 heavy (non-hydrogen) atoms. The molecule has 1 fully saturated rings. The van der Waals surface area contributed by atoms with Crippen molar-refractivity contribution in [2.45, 2.75) is 44.6 Å². The van der Waals surface area contributed by atoms with Crippen LogP contribution in [-0.2, 0) is 9.47 Å². The minimum Gasteiger partial charge on any atom is -0.385 e. The second-order valence-electron chi connectivity index (χ2n) is 5.63. The summed E-state index contributed by atoms with van der Waals surface area (Å²) < 4.78 is 10.5. The Morgan fingerprint density at radius 3 is 2.53 bits per heavy atom. The summed E-state index contributed by atoms with van der Waals surface area (Å²) in [4.78, 5) is 2.58. The third-order valence-electron chi connectivity index (χ3n) is 4.74. The fraction of sp³-hybridized carbons (Fsp3) is 1.00.